The second-order valence-electron chi connectivity index (χ2n) is 2.84. The van der Waals surface area contributed by atoms with Crippen LogP contribution in [0.2, 0.25) is 0 Å². The van der Waals surface area contributed by atoms with Gasteiger partial charge in [-0.15, -0.1) is 0 Å². The van der Waals surface area contributed by atoms with E-state index in [1.165, 1.54) is 6.42 Å². The molecule has 0 saturated carbocycles. The van der Waals surface area contributed by atoms with Crippen molar-refractivity contribution < 1.29 is 9.47 Å². The van der Waals surface area contributed by atoms with Gasteiger partial charge in [-0.05, 0) is 6.42 Å². The highest BCUT2D eigenvalue weighted by Crippen LogP contribution is 1.99. The van der Waals surface area contributed by atoms with Gasteiger partial charge in [-0.25, -0.2) is 0 Å². The SMILES string of the molecule is CCCCOCCC1=NCCO1. The topological polar surface area (TPSA) is 30.8 Å². The van der Waals surface area contributed by atoms with E-state index in [0.29, 0.717) is 0 Å². The first kappa shape index (κ1) is 9.52. The van der Waals surface area contributed by atoms with Crippen molar-refractivity contribution in [2.75, 3.05) is 26.4 Å². The molecule has 0 N–H and O–H groups in total. The molecule has 70 valence electrons. The molecule has 0 unspecified atom stereocenters. The van der Waals surface area contributed by atoms with E-state index >= 15 is 0 Å². The summed E-state index contributed by atoms with van der Waals surface area (Å²) in [6.45, 7) is 5.35. The van der Waals surface area contributed by atoms with Crippen LogP contribution in [0, 0.1) is 0 Å². The van der Waals surface area contributed by atoms with Crippen LogP contribution in [0.25, 0.3) is 0 Å². The van der Waals surface area contributed by atoms with Crippen LogP contribution >= 0.6 is 0 Å². The molecule has 12 heavy (non-hydrogen) atoms. The number of aliphatic imine (C=N–C) groups is 1. The molecule has 0 fully saturated rings. The van der Waals surface area contributed by atoms with E-state index in [1.807, 2.05) is 0 Å². The largest absolute Gasteiger partial charge is 0.479 e. The number of hydrogen-bond acceptors (Lipinski definition) is 3. The van der Waals surface area contributed by atoms with E-state index in [4.69, 9.17) is 9.47 Å². The minimum Gasteiger partial charge on any atom is -0.479 e. The molecule has 0 amide bonds. The van der Waals surface area contributed by atoms with Gasteiger partial charge in [-0.3, -0.25) is 4.99 Å². The highest BCUT2D eigenvalue weighted by atomic mass is 16.5. The van der Waals surface area contributed by atoms with Crippen LogP contribution in [0.3, 0.4) is 0 Å². The third-order valence-corrected chi connectivity index (χ3v) is 1.75. The highest BCUT2D eigenvalue weighted by Gasteiger charge is 2.05. The molecule has 0 atom stereocenters. The van der Waals surface area contributed by atoms with Gasteiger partial charge in [0.1, 0.15) is 6.61 Å². The zero-order valence-electron chi connectivity index (χ0n) is 7.71. The third-order valence-electron chi connectivity index (χ3n) is 1.75. The van der Waals surface area contributed by atoms with Crippen molar-refractivity contribution in [3.8, 4) is 0 Å². The lowest BCUT2D eigenvalue weighted by Gasteiger charge is -2.02. The normalized spacial score (nSPS) is 15.9. The van der Waals surface area contributed by atoms with Crippen LogP contribution in [0.15, 0.2) is 4.99 Å². The predicted octanol–water partition coefficient (Wildman–Crippen LogP) is 1.62. The molecule has 1 aliphatic heterocycles. The van der Waals surface area contributed by atoms with Gasteiger partial charge >= 0.3 is 0 Å². The standard InChI is InChI=1S/C9H17NO2/c1-2-3-6-11-7-4-9-10-5-8-12-9/h2-8H2,1H3. The molecule has 1 rings (SSSR count). The molecule has 0 saturated heterocycles. The van der Waals surface area contributed by atoms with Crippen LogP contribution in [-0.4, -0.2) is 32.3 Å². The lowest BCUT2D eigenvalue weighted by Crippen LogP contribution is -2.05. The zero-order chi connectivity index (χ0) is 8.65. The average Bonchev–Trinajstić information content (AvgIpc) is 2.57. The molecule has 3 nitrogen and oxygen atoms in total. The van der Waals surface area contributed by atoms with Gasteiger partial charge in [-0.1, -0.05) is 13.3 Å². The van der Waals surface area contributed by atoms with E-state index < -0.39 is 0 Å². The van der Waals surface area contributed by atoms with Crippen LogP contribution in [0.1, 0.15) is 26.2 Å². The Balaban J connectivity index is 1.88. The van der Waals surface area contributed by atoms with Gasteiger partial charge < -0.3 is 9.47 Å². The number of unbranched alkanes of at least 4 members (excludes halogenated alkanes) is 1. The molecule has 0 aromatic carbocycles. The van der Waals surface area contributed by atoms with Gasteiger partial charge in [0.05, 0.1) is 13.2 Å². The lowest BCUT2D eigenvalue weighted by molar-refractivity contribution is 0.134. The fourth-order valence-electron chi connectivity index (χ4n) is 1.04. The maximum atomic E-state index is 5.38. The van der Waals surface area contributed by atoms with Crippen molar-refractivity contribution in [2.45, 2.75) is 26.2 Å². The first-order chi connectivity index (χ1) is 5.93. The highest BCUT2D eigenvalue weighted by molar-refractivity contribution is 5.77. The molecule has 0 spiro atoms. The maximum absolute atomic E-state index is 5.38. The second-order valence-corrected chi connectivity index (χ2v) is 2.84. The molecule has 1 aliphatic rings. The van der Waals surface area contributed by atoms with E-state index in [2.05, 4.69) is 11.9 Å². The first-order valence-electron chi connectivity index (χ1n) is 4.67. The number of ether oxygens (including phenoxy) is 2. The molecule has 3 heteroatoms. The molecule has 0 aromatic rings. The van der Waals surface area contributed by atoms with Gasteiger partial charge in [0.2, 0.25) is 0 Å². The summed E-state index contributed by atoms with van der Waals surface area (Å²) in [5.41, 5.74) is 0. The third kappa shape index (κ3) is 3.72. The fourth-order valence-corrected chi connectivity index (χ4v) is 1.04. The Labute approximate surface area is 73.8 Å². The number of hydrogen-bond donors (Lipinski definition) is 0. The summed E-state index contributed by atoms with van der Waals surface area (Å²) in [6, 6.07) is 0. The zero-order valence-corrected chi connectivity index (χ0v) is 7.71. The quantitative estimate of drug-likeness (QED) is 0.568. The Morgan fingerprint density at radius 3 is 3.08 bits per heavy atom. The fraction of sp³-hybridized carbons (Fsp3) is 0.889. The maximum Gasteiger partial charge on any atom is 0.185 e. The Bertz CT molecular complexity index is 145. The minimum absolute atomic E-state index is 0.749. The molecule has 0 bridgehead atoms. The summed E-state index contributed by atoms with van der Waals surface area (Å²) in [5, 5.41) is 0. The minimum atomic E-state index is 0.749. The van der Waals surface area contributed by atoms with Gasteiger partial charge in [-0.2, -0.15) is 0 Å². The van der Waals surface area contributed by atoms with E-state index in [-0.39, 0.29) is 0 Å². The summed E-state index contributed by atoms with van der Waals surface area (Å²) in [6.07, 6.45) is 3.18. The van der Waals surface area contributed by atoms with Crippen LogP contribution < -0.4 is 0 Å². The Morgan fingerprint density at radius 1 is 1.50 bits per heavy atom. The lowest BCUT2D eigenvalue weighted by atomic mass is 10.4. The van der Waals surface area contributed by atoms with Crippen LogP contribution in [-0.2, 0) is 9.47 Å². The van der Waals surface area contributed by atoms with Crippen LogP contribution in [0.4, 0.5) is 0 Å². The van der Waals surface area contributed by atoms with Gasteiger partial charge in [0.25, 0.3) is 0 Å². The van der Waals surface area contributed by atoms with Crippen molar-refractivity contribution in [2.24, 2.45) is 4.99 Å². The monoisotopic (exact) mass is 171 g/mol. The Hall–Kier alpha value is -0.570. The summed E-state index contributed by atoms with van der Waals surface area (Å²) >= 11 is 0. The van der Waals surface area contributed by atoms with Crippen molar-refractivity contribution in [1.82, 2.24) is 0 Å². The molecule has 0 aliphatic carbocycles. The second kappa shape index (κ2) is 6.00. The predicted molar refractivity (Wildman–Crippen MR) is 48.6 cm³/mol. The van der Waals surface area contributed by atoms with Gasteiger partial charge in [0.15, 0.2) is 5.90 Å². The molecule has 0 radical (unpaired) electrons. The Morgan fingerprint density at radius 2 is 2.42 bits per heavy atom. The summed E-state index contributed by atoms with van der Waals surface area (Å²) in [7, 11) is 0. The van der Waals surface area contributed by atoms with E-state index in [0.717, 1.165) is 45.1 Å². The van der Waals surface area contributed by atoms with Crippen molar-refractivity contribution in [3.05, 3.63) is 0 Å². The average molecular weight is 171 g/mol. The summed E-state index contributed by atoms with van der Waals surface area (Å²) in [4.78, 5) is 4.17. The molecular formula is C9H17NO2. The van der Waals surface area contributed by atoms with Crippen LogP contribution in [0.5, 0.6) is 0 Å². The summed E-state index contributed by atoms with van der Waals surface area (Å²) in [5.74, 6) is 0.867. The number of rotatable bonds is 6. The molecular weight excluding hydrogens is 154 g/mol. The summed E-state index contributed by atoms with van der Waals surface area (Å²) < 4.78 is 10.6. The van der Waals surface area contributed by atoms with E-state index in [1.54, 1.807) is 0 Å². The van der Waals surface area contributed by atoms with E-state index in [9.17, 15) is 0 Å². The number of nitrogens with zero attached hydrogens (tertiary/aromatic N) is 1. The Kier molecular flexibility index (Phi) is 4.76. The van der Waals surface area contributed by atoms with Crippen molar-refractivity contribution in [3.63, 3.8) is 0 Å². The van der Waals surface area contributed by atoms with Crippen molar-refractivity contribution in [1.29, 1.82) is 0 Å². The first-order valence-corrected chi connectivity index (χ1v) is 4.67. The molecule has 1 heterocycles. The molecule has 0 aromatic heterocycles. The smallest absolute Gasteiger partial charge is 0.185 e. The van der Waals surface area contributed by atoms with Gasteiger partial charge in [0, 0.05) is 13.0 Å². The van der Waals surface area contributed by atoms with Crippen molar-refractivity contribution >= 4 is 5.90 Å².